The Balaban J connectivity index is 2.18. The Morgan fingerprint density at radius 1 is 1.45 bits per heavy atom. The Bertz CT molecular complexity index is 128. The molecule has 1 saturated heterocycles. The lowest BCUT2D eigenvalue weighted by Gasteiger charge is -2.47. The molecule has 0 aromatic carbocycles. The van der Waals surface area contributed by atoms with Crippen molar-refractivity contribution in [1.82, 2.24) is 4.90 Å². The lowest BCUT2D eigenvalue weighted by molar-refractivity contribution is -0.113. The topological polar surface area (TPSA) is 12.5 Å². The quantitative estimate of drug-likeness (QED) is 0.613. The monoisotopic (exact) mass is 157 g/mol. The third-order valence-electron chi connectivity index (χ3n) is 2.23. The summed E-state index contributed by atoms with van der Waals surface area (Å²) in [4.78, 5) is 2.44. The Labute approximate surface area is 69.5 Å². The van der Waals surface area contributed by atoms with Crippen LogP contribution < -0.4 is 0 Å². The first-order chi connectivity index (χ1) is 5.06. The number of methoxy groups -OCH3 is 1. The molecule has 66 valence electrons. The van der Waals surface area contributed by atoms with Gasteiger partial charge >= 0.3 is 0 Å². The van der Waals surface area contributed by atoms with Gasteiger partial charge in [-0.3, -0.25) is 4.90 Å². The van der Waals surface area contributed by atoms with Gasteiger partial charge in [0.05, 0.1) is 5.60 Å². The molecule has 0 N–H and O–H groups in total. The van der Waals surface area contributed by atoms with Crippen molar-refractivity contribution in [3.63, 3.8) is 0 Å². The predicted octanol–water partition coefficient (Wildman–Crippen LogP) is 1.36. The summed E-state index contributed by atoms with van der Waals surface area (Å²) in [6.07, 6.45) is 0. The van der Waals surface area contributed by atoms with Crippen LogP contribution in [0.2, 0.25) is 0 Å². The van der Waals surface area contributed by atoms with Gasteiger partial charge in [0.2, 0.25) is 0 Å². The molecule has 0 atom stereocenters. The van der Waals surface area contributed by atoms with Crippen molar-refractivity contribution in [1.29, 1.82) is 0 Å². The van der Waals surface area contributed by atoms with Gasteiger partial charge in [0.25, 0.3) is 0 Å². The summed E-state index contributed by atoms with van der Waals surface area (Å²) in [5.41, 5.74) is 0.148. The van der Waals surface area contributed by atoms with Crippen LogP contribution in [0.3, 0.4) is 0 Å². The maximum atomic E-state index is 5.34. The first kappa shape index (κ1) is 9.01. The highest BCUT2D eigenvalue weighted by atomic mass is 16.5. The lowest BCUT2D eigenvalue weighted by Crippen LogP contribution is -2.61. The van der Waals surface area contributed by atoms with Crippen molar-refractivity contribution in [3.05, 3.63) is 0 Å². The smallest absolute Gasteiger partial charge is 0.0903 e. The molecule has 0 radical (unpaired) electrons. The van der Waals surface area contributed by atoms with Crippen LogP contribution in [-0.2, 0) is 4.74 Å². The third kappa shape index (κ3) is 2.17. The normalized spacial score (nSPS) is 23.7. The Morgan fingerprint density at radius 2 is 2.00 bits per heavy atom. The van der Waals surface area contributed by atoms with E-state index in [-0.39, 0.29) is 5.60 Å². The number of likely N-dealkylation sites (tertiary alicyclic amines) is 1. The van der Waals surface area contributed by atoms with Gasteiger partial charge in [-0.05, 0) is 12.8 Å². The van der Waals surface area contributed by atoms with Gasteiger partial charge in [-0.2, -0.15) is 0 Å². The fourth-order valence-electron chi connectivity index (χ4n) is 1.67. The van der Waals surface area contributed by atoms with Crippen molar-refractivity contribution in [3.8, 4) is 0 Å². The zero-order valence-corrected chi connectivity index (χ0v) is 8.05. The number of hydrogen-bond acceptors (Lipinski definition) is 2. The molecule has 2 nitrogen and oxygen atoms in total. The van der Waals surface area contributed by atoms with E-state index in [0.29, 0.717) is 0 Å². The van der Waals surface area contributed by atoms with Crippen LogP contribution in [0.25, 0.3) is 0 Å². The first-order valence-electron chi connectivity index (χ1n) is 4.33. The van der Waals surface area contributed by atoms with Crippen molar-refractivity contribution in [2.75, 3.05) is 26.7 Å². The number of rotatable bonds is 3. The van der Waals surface area contributed by atoms with E-state index in [9.17, 15) is 0 Å². The van der Waals surface area contributed by atoms with Gasteiger partial charge < -0.3 is 4.74 Å². The fourth-order valence-corrected chi connectivity index (χ4v) is 1.67. The van der Waals surface area contributed by atoms with Crippen LogP contribution in [0.1, 0.15) is 20.8 Å². The molecule has 0 aliphatic carbocycles. The summed E-state index contributed by atoms with van der Waals surface area (Å²) in [6.45, 7) is 10.1. The maximum Gasteiger partial charge on any atom is 0.0903 e. The minimum absolute atomic E-state index is 0.148. The molecule has 2 heteroatoms. The van der Waals surface area contributed by atoms with Crippen LogP contribution in [0, 0.1) is 5.92 Å². The first-order valence-corrected chi connectivity index (χ1v) is 4.33. The van der Waals surface area contributed by atoms with E-state index in [4.69, 9.17) is 4.74 Å². The Kier molecular flexibility index (Phi) is 2.55. The summed E-state index contributed by atoms with van der Waals surface area (Å²) in [6, 6.07) is 0. The summed E-state index contributed by atoms with van der Waals surface area (Å²) in [5, 5.41) is 0. The third-order valence-corrected chi connectivity index (χ3v) is 2.23. The zero-order chi connectivity index (χ0) is 8.48. The second-order valence-corrected chi connectivity index (χ2v) is 4.22. The highest BCUT2D eigenvalue weighted by Gasteiger charge is 2.38. The minimum Gasteiger partial charge on any atom is -0.376 e. The summed E-state index contributed by atoms with van der Waals surface area (Å²) in [5.74, 6) is 0.774. The molecule has 0 aromatic heterocycles. The van der Waals surface area contributed by atoms with E-state index in [1.807, 2.05) is 0 Å². The standard InChI is InChI=1S/C9H19NO/c1-8(2)5-10-6-9(3,7-10)11-4/h8H,5-7H2,1-4H3. The van der Waals surface area contributed by atoms with E-state index in [1.165, 1.54) is 6.54 Å². The zero-order valence-electron chi connectivity index (χ0n) is 8.05. The molecular formula is C9H19NO. The largest absolute Gasteiger partial charge is 0.376 e. The van der Waals surface area contributed by atoms with Crippen molar-refractivity contribution in [2.24, 2.45) is 5.92 Å². The highest BCUT2D eigenvalue weighted by molar-refractivity contribution is 4.93. The average Bonchev–Trinajstić information content (AvgIpc) is 1.83. The van der Waals surface area contributed by atoms with Crippen molar-refractivity contribution < 1.29 is 4.74 Å². The Morgan fingerprint density at radius 3 is 2.36 bits per heavy atom. The molecule has 1 rings (SSSR count). The van der Waals surface area contributed by atoms with Gasteiger partial charge in [0, 0.05) is 26.7 Å². The second kappa shape index (κ2) is 3.11. The van der Waals surface area contributed by atoms with E-state index in [2.05, 4.69) is 25.7 Å². The van der Waals surface area contributed by atoms with Crippen LogP contribution in [-0.4, -0.2) is 37.2 Å². The molecule has 1 aliphatic rings. The molecule has 0 saturated carbocycles. The molecule has 11 heavy (non-hydrogen) atoms. The predicted molar refractivity (Wildman–Crippen MR) is 46.7 cm³/mol. The second-order valence-electron chi connectivity index (χ2n) is 4.22. The Hall–Kier alpha value is -0.0800. The lowest BCUT2D eigenvalue weighted by atomic mass is 9.95. The molecule has 0 aromatic rings. The van der Waals surface area contributed by atoms with Gasteiger partial charge in [-0.25, -0.2) is 0 Å². The van der Waals surface area contributed by atoms with Crippen molar-refractivity contribution >= 4 is 0 Å². The average molecular weight is 157 g/mol. The van der Waals surface area contributed by atoms with E-state index in [0.717, 1.165) is 19.0 Å². The molecule has 1 fully saturated rings. The SMILES string of the molecule is COC1(C)CN(CC(C)C)C1. The summed E-state index contributed by atoms with van der Waals surface area (Å²) in [7, 11) is 1.80. The van der Waals surface area contributed by atoms with E-state index < -0.39 is 0 Å². The van der Waals surface area contributed by atoms with E-state index >= 15 is 0 Å². The summed E-state index contributed by atoms with van der Waals surface area (Å²) < 4.78 is 5.34. The van der Waals surface area contributed by atoms with Crippen LogP contribution in [0.4, 0.5) is 0 Å². The molecule has 1 aliphatic heterocycles. The van der Waals surface area contributed by atoms with E-state index in [1.54, 1.807) is 7.11 Å². The molecule has 0 amide bonds. The van der Waals surface area contributed by atoms with Crippen LogP contribution in [0.5, 0.6) is 0 Å². The number of hydrogen-bond donors (Lipinski definition) is 0. The number of ether oxygens (including phenoxy) is 1. The van der Waals surface area contributed by atoms with Gasteiger partial charge in [0.1, 0.15) is 0 Å². The molecular weight excluding hydrogens is 138 g/mol. The highest BCUT2D eigenvalue weighted by Crippen LogP contribution is 2.24. The fraction of sp³-hybridized carbons (Fsp3) is 1.00. The minimum atomic E-state index is 0.148. The molecule has 0 bridgehead atoms. The van der Waals surface area contributed by atoms with Crippen molar-refractivity contribution in [2.45, 2.75) is 26.4 Å². The molecule has 1 heterocycles. The van der Waals surface area contributed by atoms with Gasteiger partial charge in [-0.1, -0.05) is 13.8 Å². The van der Waals surface area contributed by atoms with Gasteiger partial charge in [-0.15, -0.1) is 0 Å². The molecule has 0 unspecified atom stereocenters. The number of nitrogens with zero attached hydrogens (tertiary/aromatic N) is 1. The maximum absolute atomic E-state index is 5.34. The van der Waals surface area contributed by atoms with Crippen LogP contribution in [0.15, 0.2) is 0 Å². The summed E-state index contributed by atoms with van der Waals surface area (Å²) >= 11 is 0. The molecule has 0 spiro atoms. The van der Waals surface area contributed by atoms with Gasteiger partial charge in [0.15, 0.2) is 0 Å². The van der Waals surface area contributed by atoms with Crippen LogP contribution >= 0.6 is 0 Å².